The molecule has 0 aliphatic heterocycles. The summed E-state index contributed by atoms with van der Waals surface area (Å²) in [5, 5.41) is 16.7. The third-order valence-corrected chi connectivity index (χ3v) is 1.87. The van der Waals surface area contributed by atoms with Gasteiger partial charge < -0.3 is 9.90 Å². The Labute approximate surface area is 98.5 Å². The summed E-state index contributed by atoms with van der Waals surface area (Å²) in [6, 6.07) is 10.8. The van der Waals surface area contributed by atoms with Crippen LogP contribution in [0.4, 0.5) is 0 Å². The fraction of sp³-hybridized carbons (Fsp3) is 0. The zero-order valence-electron chi connectivity index (χ0n) is 8.23. The number of hydrogen-bond acceptors (Lipinski definition) is 3. The van der Waals surface area contributed by atoms with Crippen molar-refractivity contribution in [1.29, 1.82) is 0 Å². The first-order valence-electron chi connectivity index (χ1n) is 4.09. The maximum Gasteiger partial charge on any atom is 1.00 e. The maximum absolute atomic E-state index is 10.5. The number of aromatic amines is 1. The minimum absolute atomic E-state index is 0. The monoisotopic (exact) mass is 194 g/mol. The molecule has 1 aromatic heterocycles. The summed E-state index contributed by atoms with van der Waals surface area (Å²) in [6.45, 7) is 0. The predicted octanol–water partition coefficient (Wildman–Crippen LogP) is -2.56. The summed E-state index contributed by atoms with van der Waals surface area (Å²) in [5.74, 6) is -1.25. The SMILES string of the molecule is O=C([O-])c1cc(-c2ccccc2)n[nH]1.[Li+]. The fourth-order valence-corrected chi connectivity index (χ4v) is 1.18. The van der Waals surface area contributed by atoms with Crippen LogP contribution in [0.15, 0.2) is 36.4 Å². The van der Waals surface area contributed by atoms with E-state index in [4.69, 9.17) is 0 Å². The summed E-state index contributed by atoms with van der Waals surface area (Å²) in [7, 11) is 0. The Morgan fingerprint density at radius 3 is 2.47 bits per heavy atom. The Kier molecular flexibility index (Phi) is 3.72. The second-order valence-electron chi connectivity index (χ2n) is 2.82. The quantitative estimate of drug-likeness (QED) is 0.535. The number of nitrogens with one attached hydrogen (secondary N) is 1. The van der Waals surface area contributed by atoms with Gasteiger partial charge in [-0.25, -0.2) is 0 Å². The number of nitrogens with zero attached hydrogens (tertiary/aromatic N) is 1. The molecule has 0 aliphatic carbocycles. The molecule has 1 heterocycles. The summed E-state index contributed by atoms with van der Waals surface area (Å²) < 4.78 is 0. The van der Waals surface area contributed by atoms with Gasteiger partial charge in [-0.3, -0.25) is 5.10 Å². The van der Waals surface area contributed by atoms with Crippen LogP contribution < -0.4 is 24.0 Å². The smallest absolute Gasteiger partial charge is 0.543 e. The first kappa shape index (κ1) is 11.6. The zero-order valence-corrected chi connectivity index (χ0v) is 8.23. The van der Waals surface area contributed by atoms with Gasteiger partial charge in [0.15, 0.2) is 0 Å². The molecule has 1 N–H and O–H groups in total. The molecule has 0 saturated heterocycles. The van der Waals surface area contributed by atoms with Crippen molar-refractivity contribution in [1.82, 2.24) is 10.2 Å². The van der Waals surface area contributed by atoms with Gasteiger partial charge in [-0.05, 0) is 6.07 Å². The number of aromatic carboxylic acids is 1. The van der Waals surface area contributed by atoms with Gasteiger partial charge in [0.05, 0.1) is 17.4 Å². The molecule has 0 bridgehead atoms. The Bertz CT molecular complexity index is 453. The van der Waals surface area contributed by atoms with E-state index in [2.05, 4.69) is 10.2 Å². The Morgan fingerprint density at radius 2 is 1.93 bits per heavy atom. The predicted molar refractivity (Wildman–Crippen MR) is 48.4 cm³/mol. The van der Waals surface area contributed by atoms with Crippen molar-refractivity contribution in [2.24, 2.45) is 0 Å². The molecule has 70 valence electrons. The maximum atomic E-state index is 10.5. The average Bonchev–Trinajstić information content (AvgIpc) is 2.68. The summed E-state index contributed by atoms with van der Waals surface area (Å²) >= 11 is 0. The molecule has 2 aromatic rings. The van der Waals surface area contributed by atoms with Crippen LogP contribution in [-0.2, 0) is 0 Å². The molecular weight excluding hydrogens is 187 g/mol. The van der Waals surface area contributed by atoms with E-state index < -0.39 is 5.97 Å². The second kappa shape index (κ2) is 4.83. The molecular formula is C10H7LiN2O2. The van der Waals surface area contributed by atoms with E-state index in [9.17, 15) is 9.90 Å². The Balaban J connectivity index is 0.00000112. The minimum atomic E-state index is -1.25. The van der Waals surface area contributed by atoms with Gasteiger partial charge in [-0.15, -0.1) is 0 Å². The molecule has 0 radical (unpaired) electrons. The van der Waals surface area contributed by atoms with Crippen LogP contribution in [0.5, 0.6) is 0 Å². The van der Waals surface area contributed by atoms with Gasteiger partial charge in [0.25, 0.3) is 0 Å². The first-order valence-corrected chi connectivity index (χ1v) is 4.09. The van der Waals surface area contributed by atoms with Gasteiger partial charge in [0.2, 0.25) is 0 Å². The molecule has 0 aliphatic rings. The van der Waals surface area contributed by atoms with Crippen LogP contribution in [0, 0.1) is 0 Å². The molecule has 0 unspecified atom stereocenters. The second-order valence-corrected chi connectivity index (χ2v) is 2.82. The number of carboxylic acid groups (broad SMARTS) is 1. The minimum Gasteiger partial charge on any atom is -0.543 e. The van der Waals surface area contributed by atoms with Gasteiger partial charge in [0.1, 0.15) is 0 Å². The molecule has 15 heavy (non-hydrogen) atoms. The van der Waals surface area contributed by atoms with E-state index in [1.165, 1.54) is 6.07 Å². The number of carbonyl (C=O) groups excluding carboxylic acids is 1. The van der Waals surface area contributed by atoms with E-state index in [0.717, 1.165) is 5.56 Å². The van der Waals surface area contributed by atoms with Crippen LogP contribution >= 0.6 is 0 Å². The van der Waals surface area contributed by atoms with Crippen LogP contribution in [0.25, 0.3) is 11.3 Å². The zero-order chi connectivity index (χ0) is 9.97. The van der Waals surface area contributed by atoms with Gasteiger partial charge in [-0.2, -0.15) is 5.10 Å². The van der Waals surface area contributed by atoms with Gasteiger partial charge in [0, 0.05) is 5.56 Å². The topological polar surface area (TPSA) is 68.8 Å². The Hall–Kier alpha value is -1.50. The van der Waals surface area contributed by atoms with E-state index in [1.54, 1.807) is 0 Å². The molecule has 0 amide bonds. The van der Waals surface area contributed by atoms with Crippen molar-refractivity contribution in [2.45, 2.75) is 0 Å². The van der Waals surface area contributed by atoms with E-state index >= 15 is 0 Å². The number of carbonyl (C=O) groups is 1. The summed E-state index contributed by atoms with van der Waals surface area (Å²) in [6.07, 6.45) is 0. The van der Waals surface area contributed by atoms with Gasteiger partial charge in [-0.1, -0.05) is 30.3 Å². The standard InChI is InChI=1S/C10H8N2O2.Li/c13-10(14)9-6-8(11-12-9)7-4-2-1-3-5-7;/h1-6H,(H,11,12)(H,13,14);/q;+1/p-1. The Morgan fingerprint density at radius 1 is 1.27 bits per heavy atom. The van der Waals surface area contributed by atoms with E-state index in [-0.39, 0.29) is 24.6 Å². The molecule has 0 saturated carbocycles. The van der Waals surface area contributed by atoms with E-state index in [1.807, 2.05) is 30.3 Å². The molecule has 0 spiro atoms. The third kappa shape index (κ3) is 2.49. The van der Waals surface area contributed by atoms with Crippen molar-refractivity contribution in [3.63, 3.8) is 0 Å². The van der Waals surface area contributed by atoms with Crippen molar-refractivity contribution in [3.8, 4) is 11.3 Å². The fourth-order valence-electron chi connectivity index (χ4n) is 1.18. The largest absolute Gasteiger partial charge is 1.00 e. The molecule has 0 atom stereocenters. The summed E-state index contributed by atoms with van der Waals surface area (Å²) in [5.41, 5.74) is 1.46. The molecule has 1 aromatic carbocycles. The van der Waals surface area contributed by atoms with Crippen LogP contribution in [0.2, 0.25) is 0 Å². The van der Waals surface area contributed by atoms with Gasteiger partial charge >= 0.3 is 18.9 Å². The number of carboxylic acids is 1. The van der Waals surface area contributed by atoms with E-state index in [0.29, 0.717) is 5.69 Å². The average molecular weight is 194 g/mol. The van der Waals surface area contributed by atoms with Crippen molar-refractivity contribution in [3.05, 3.63) is 42.1 Å². The molecule has 4 nitrogen and oxygen atoms in total. The first-order chi connectivity index (χ1) is 6.77. The van der Waals surface area contributed by atoms with Crippen molar-refractivity contribution in [2.75, 3.05) is 0 Å². The van der Waals surface area contributed by atoms with Crippen LogP contribution in [0.1, 0.15) is 10.5 Å². The number of rotatable bonds is 2. The molecule has 5 heteroatoms. The number of H-pyrrole nitrogens is 1. The molecule has 2 rings (SSSR count). The van der Waals surface area contributed by atoms with Crippen molar-refractivity contribution < 1.29 is 28.8 Å². The molecule has 0 fully saturated rings. The van der Waals surface area contributed by atoms with Crippen molar-refractivity contribution >= 4 is 5.97 Å². The number of hydrogen-bond donors (Lipinski definition) is 1. The normalized spacial score (nSPS) is 9.33. The summed E-state index contributed by atoms with van der Waals surface area (Å²) in [4.78, 5) is 10.5. The number of aromatic nitrogens is 2. The van der Waals surface area contributed by atoms with Crippen LogP contribution in [0.3, 0.4) is 0 Å². The third-order valence-electron chi connectivity index (χ3n) is 1.87. The van der Waals surface area contributed by atoms with Crippen LogP contribution in [-0.4, -0.2) is 16.2 Å². The number of benzene rings is 1.